The highest BCUT2D eigenvalue weighted by Gasteiger charge is 2.20. The lowest BCUT2D eigenvalue weighted by atomic mass is 9.96. The molecule has 10 aromatic rings. The van der Waals surface area contributed by atoms with Gasteiger partial charge in [-0.15, -0.1) is 0 Å². The topological polar surface area (TPSA) is 16.4 Å². The molecule has 0 unspecified atom stereocenters. The molecule has 0 fully saturated rings. The van der Waals surface area contributed by atoms with Crippen molar-refractivity contribution in [3.05, 3.63) is 200 Å². The van der Waals surface area contributed by atoms with Gasteiger partial charge in [0.25, 0.3) is 0 Å². The second kappa shape index (κ2) is 12.5. The summed E-state index contributed by atoms with van der Waals surface area (Å²) in [6, 6.07) is 42.9. The first-order chi connectivity index (χ1) is 29.5. The Kier molecular flexibility index (Phi) is 5.28. The van der Waals surface area contributed by atoms with Crippen LogP contribution in [0.15, 0.2) is 204 Å². The number of hydrogen-bond donors (Lipinski definition) is 0. The van der Waals surface area contributed by atoms with Crippen LogP contribution < -0.4 is 4.90 Å². The average Bonchev–Trinajstić information content (AvgIpc) is 3.69. The lowest BCUT2D eigenvalue weighted by Crippen LogP contribution is -2.10. The van der Waals surface area contributed by atoms with Crippen molar-refractivity contribution in [1.82, 2.24) is 0 Å². The standard InChI is InChI=1S/C50H33NO/c1-2-10-34(11-3-1)36-24-29-41(30-25-36)51(47-18-9-19-48-49(47)46-33-28-39-13-5-7-16-45(39)50(46)52-48)42-31-26-37(27-32-42)35-20-22-40(23-21-35)44-17-8-14-38-12-4-6-15-43(38)44/h1-33H/i1D,2D,3D,10D,11D,24D,25D,29D,30D. The van der Waals surface area contributed by atoms with Crippen molar-refractivity contribution >= 4 is 60.5 Å². The van der Waals surface area contributed by atoms with Gasteiger partial charge in [-0.3, -0.25) is 0 Å². The van der Waals surface area contributed by atoms with Gasteiger partial charge >= 0.3 is 0 Å². The maximum atomic E-state index is 9.49. The first-order valence-electron chi connectivity index (χ1n) is 21.5. The second-order valence-corrected chi connectivity index (χ2v) is 12.6. The number of rotatable bonds is 6. The molecule has 0 saturated carbocycles. The molecule has 1 heterocycles. The number of fused-ring (bicyclic) bond motifs is 6. The van der Waals surface area contributed by atoms with Gasteiger partial charge in [0.15, 0.2) is 0 Å². The quantitative estimate of drug-likeness (QED) is 0.175. The number of furan rings is 1. The van der Waals surface area contributed by atoms with Crippen LogP contribution in [0.1, 0.15) is 12.3 Å². The van der Waals surface area contributed by atoms with Crippen molar-refractivity contribution < 1.29 is 16.8 Å². The van der Waals surface area contributed by atoms with Gasteiger partial charge in [-0.05, 0) is 92.0 Å². The molecule has 0 atom stereocenters. The van der Waals surface area contributed by atoms with Crippen LogP contribution in [-0.4, -0.2) is 0 Å². The summed E-state index contributed by atoms with van der Waals surface area (Å²) >= 11 is 0. The van der Waals surface area contributed by atoms with Crippen molar-refractivity contribution in [2.75, 3.05) is 4.90 Å². The third kappa shape index (κ3) is 5.12. The Morgan fingerprint density at radius 1 is 0.404 bits per heavy atom. The lowest BCUT2D eigenvalue weighted by molar-refractivity contribution is 0.672. The summed E-state index contributed by atoms with van der Waals surface area (Å²) in [6.45, 7) is 0. The van der Waals surface area contributed by atoms with E-state index in [-0.39, 0.29) is 11.3 Å². The van der Waals surface area contributed by atoms with Crippen LogP contribution in [0.4, 0.5) is 17.1 Å². The van der Waals surface area contributed by atoms with Crippen molar-refractivity contribution in [1.29, 1.82) is 0 Å². The van der Waals surface area contributed by atoms with E-state index in [0.717, 1.165) is 38.4 Å². The largest absolute Gasteiger partial charge is 0.455 e. The Morgan fingerprint density at radius 2 is 1.02 bits per heavy atom. The average molecular weight is 673 g/mol. The fraction of sp³-hybridized carbons (Fsp3) is 0. The Morgan fingerprint density at radius 3 is 1.79 bits per heavy atom. The Labute approximate surface area is 315 Å². The number of anilines is 3. The summed E-state index contributed by atoms with van der Waals surface area (Å²) < 4.78 is 85.9. The Hall–Kier alpha value is -6.90. The number of hydrogen-bond acceptors (Lipinski definition) is 2. The van der Waals surface area contributed by atoms with Crippen LogP contribution in [0.2, 0.25) is 0 Å². The van der Waals surface area contributed by atoms with Crippen LogP contribution >= 0.6 is 0 Å². The van der Waals surface area contributed by atoms with Crippen LogP contribution in [0, 0.1) is 0 Å². The molecular formula is C50H33NO. The third-order valence-corrected chi connectivity index (χ3v) is 9.64. The van der Waals surface area contributed by atoms with Crippen LogP contribution in [0.3, 0.4) is 0 Å². The van der Waals surface area contributed by atoms with E-state index in [1.807, 2.05) is 91.0 Å². The van der Waals surface area contributed by atoms with Gasteiger partial charge in [0.2, 0.25) is 0 Å². The molecule has 10 rings (SSSR count). The minimum atomic E-state index is -0.632. The molecule has 0 bridgehead atoms. The van der Waals surface area contributed by atoms with Gasteiger partial charge in [-0.2, -0.15) is 0 Å². The zero-order valence-electron chi connectivity index (χ0n) is 36.7. The summed E-state index contributed by atoms with van der Waals surface area (Å²) in [5.41, 5.74) is 5.57. The van der Waals surface area contributed by atoms with Gasteiger partial charge in [-0.1, -0.05) is 158 Å². The zero-order valence-corrected chi connectivity index (χ0v) is 27.7. The summed E-state index contributed by atoms with van der Waals surface area (Å²) in [5.74, 6) is 0. The van der Waals surface area contributed by atoms with Crippen LogP contribution in [-0.2, 0) is 0 Å². The van der Waals surface area contributed by atoms with E-state index >= 15 is 0 Å². The monoisotopic (exact) mass is 672 g/mol. The minimum Gasteiger partial charge on any atom is -0.455 e. The highest BCUT2D eigenvalue weighted by molar-refractivity contribution is 6.19. The predicted octanol–water partition coefficient (Wildman–Crippen LogP) is 14.4. The van der Waals surface area contributed by atoms with Crippen LogP contribution in [0.25, 0.3) is 76.9 Å². The van der Waals surface area contributed by atoms with Crippen molar-refractivity contribution in [3.63, 3.8) is 0 Å². The molecule has 52 heavy (non-hydrogen) atoms. The van der Waals surface area contributed by atoms with E-state index in [1.165, 1.54) is 10.8 Å². The molecule has 0 aliphatic carbocycles. The fourth-order valence-corrected chi connectivity index (χ4v) is 7.15. The molecular weight excluding hydrogens is 631 g/mol. The zero-order chi connectivity index (χ0) is 42.3. The van der Waals surface area contributed by atoms with Crippen LogP contribution in [0.5, 0.6) is 0 Å². The van der Waals surface area contributed by atoms with Gasteiger partial charge in [0.1, 0.15) is 11.2 Å². The molecule has 244 valence electrons. The van der Waals surface area contributed by atoms with E-state index in [4.69, 9.17) is 11.3 Å². The molecule has 0 amide bonds. The van der Waals surface area contributed by atoms with Crippen molar-refractivity contribution in [2.24, 2.45) is 0 Å². The molecule has 2 nitrogen and oxygen atoms in total. The Bertz CT molecular complexity index is 3350. The molecule has 0 saturated heterocycles. The molecule has 0 radical (unpaired) electrons. The normalized spacial score (nSPS) is 13.9. The molecule has 0 aliphatic rings. The third-order valence-electron chi connectivity index (χ3n) is 9.64. The Balaban J connectivity index is 1.16. The highest BCUT2D eigenvalue weighted by atomic mass is 16.3. The molecule has 0 N–H and O–H groups in total. The number of nitrogens with zero attached hydrogens (tertiary/aromatic N) is 1. The van der Waals surface area contributed by atoms with Crippen molar-refractivity contribution in [3.8, 4) is 33.4 Å². The maximum absolute atomic E-state index is 9.49. The van der Waals surface area contributed by atoms with E-state index < -0.39 is 59.9 Å². The minimum absolute atomic E-state index is 0.0825. The molecule has 9 aromatic carbocycles. The van der Waals surface area contributed by atoms with E-state index in [2.05, 4.69) is 54.6 Å². The molecule has 0 aliphatic heterocycles. The summed E-state index contributed by atoms with van der Waals surface area (Å²) in [6.07, 6.45) is 0. The summed E-state index contributed by atoms with van der Waals surface area (Å²) in [5, 5.41) is 5.74. The van der Waals surface area contributed by atoms with Gasteiger partial charge in [0, 0.05) is 22.1 Å². The molecule has 0 spiro atoms. The summed E-state index contributed by atoms with van der Waals surface area (Å²) in [7, 11) is 0. The van der Waals surface area contributed by atoms with E-state index in [0.29, 0.717) is 27.9 Å². The lowest BCUT2D eigenvalue weighted by Gasteiger charge is -2.26. The smallest absolute Gasteiger partial charge is 0.143 e. The predicted molar refractivity (Wildman–Crippen MR) is 220 cm³/mol. The number of benzene rings is 9. The van der Waals surface area contributed by atoms with Gasteiger partial charge in [-0.25, -0.2) is 0 Å². The maximum Gasteiger partial charge on any atom is 0.143 e. The van der Waals surface area contributed by atoms with E-state index in [1.54, 1.807) is 4.90 Å². The van der Waals surface area contributed by atoms with Gasteiger partial charge < -0.3 is 9.32 Å². The van der Waals surface area contributed by atoms with Crippen molar-refractivity contribution in [2.45, 2.75) is 0 Å². The SMILES string of the molecule is [2H]c1c([2H])c([2H])c(-c2c([2H])c([2H])c(N(c3ccc(-c4ccc(-c5cccc6ccccc56)cc4)cc3)c3cccc4oc5c6ccccc6ccc5c34)c([2H])c2[2H])c([2H])c1[2H]. The first-order valence-corrected chi connectivity index (χ1v) is 17.0. The molecule has 1 aromatic heterocycles. The highest BCUT2D eigenvalue weighted by Crippen LogP contribution is 2.45. The molecule has 2 heteroatoms. The first kappa shape index (κ1) is 22.0. The second-order valence-electron chi connectivity index (χ2n) is 12.6. The summed E-state index contributed by atoms with van der Waals surface area (Å²) in [4.78, 5) is 1.69. The van der Waals surface area contributed by atoms with E-state index in [9.17, 15) is 5.48 Å². The van der Waals surface area contributed by atoms with Gasteiger partial charge in [0.05, 0.1) is 23.4 Å². The fourth-order valence-electron chi connectivity index (χ4n) is 7.15.